The average molecular weight is 266 g/mol. The number of hydrogen-bond donors (Lipinski definition) is 2. The van der Waals surface area contributed by atoms with Gasteiger partial charge in [-0.15, -0.1) is 0 Å². The van der Waals surface area contributed by atoms with Gasteiger partial charge in [0.05, 0.1) is 6.54 Å². The maximum Gasteiger partial charge on any atom is 0.233 e. The molecule has 0 bridgehead atoms. The van der Waals surface area contributed by atoms with Gasteiger partial charge in [-0.25, -0.2) is 4.39 Å². The van der Waals surface area contributed by atoms with Crippen molar-refractivity contribution in [1.29, 1.82) is 0 Å². The summed E-state index contributed by atoms with van der Waals surface area (Å²) in [5, 5.41) is 5.98. The van der Waals surface area contributed by atoms with E-state index in [0.717, 1.165) is 11.1 Å². The second kappa shape index (κ2) is 6.66. The Hall–Kier alpha value is -1.42. The van der Waals surface area contributed by atoms with Gasteiger partial charge in [0.15, 0.2) is 0 Å². The number of amides is 1. The lowest BCUT2D eigenvalue weighted by atomic mass is 10.1. The Kier molecular flexibility index (Phi) is 5.48. The summed E-state index contributed by atoms with van der Waals surface area (Å²) in [6.45, 7) is 8.80. The highest BCUT2D eigenvalue weighted by molar-refractivity contribution is 5.78. The minimum absolute atomic E-state index is 0.0188. The lowest BCUT2D eigenvalue weighted by molar-refractivity contribution is -0.120. The molecule has 0 aliphatic heterocycles. The lowest BCUT2D eigenvalue weighted by Gasteiger charge is -2.20. The molecule has 106 valence electrons. The molecule has 19 heavy (non-hydrogen) atoms. The molecule has 1 aromatic carbocycles. The van der Waals surface area contributed by atoms with Crippen LogP contribution >= 0.6 is 0 Å². The van der Waals surface area contributed by atoms with E-state index in [0.29, 0.717) is 19.5 Å². The van der Waals surface area contributed by atoms with Crippen molar-refractivity contribution >= 4 is 5.91 Å². The van der Waals surface area contributed by atoms with Crippen LogP contribution in [0.25, 0.3) is 0 Å². The van der Waals surface area contributed by atoms with Crippen LogP contribution in [-0.4, -0.2) is 24.5 Å². The zero-order valence-corrected chi connectivity index (χ0v) is 12.1. The third kappa shape index (κ3) is 6.34. The molecule has 4 heteroatoms. The van der Waals surface area contributed by atoms with Gasteiger partial charge in [0, 0.05) is 12.1 Å². The molecule has 0 aromatic heterocycles. The fraction of sp³-hybridized carbons (Fsp3) is 0.533. The van der Waals surface area contributed by atoms with E-state index in [1.165, 1.54) is 12.1 Å². The first-order chi connectivity index (χ1) is 8.78. The third-order valence-corrected chi connectivity index (χ3v) is 2.80. The topological polar surface area (TPSA) is 41.1 Å². The molecule has 0 saturated heterocycles. The number of rotatable bonds is 5. The number of hydrogen-bond acceptors (Lipinski definition) is 2. The fourth-order valence-electron chi connectivity index (χ4n) is 1.68. The molecule has 3 nitrogen and oxygen atoms in total. The van der Waals surface area contributed by atoms with E-state index >= 15 is 0 Å². The molecular weight excluding hydrogens is 243 g/mol. The molecule has 1 amide bonds. The molecule has 0 fully saturated rings. The molecule has 0 atom stereocenters. The summed E-state index contributed by atoms with van der Waals surface area (Å²) < 4.78 is 12.9. The Bertz CT molecular complexity index is 438. The molecule has 0 aliphatic carbocycles. The van der Waals surface area contributed by atoms with Crippen LogP contribution in [0, 0.1) is 12.7 Å². The van der Waals surface area contributed by atoms with Gasteiger partial charge < -0.3 is 10.6 Å². The second-order valence-electron chi connectivity index (χ2n) is 5.77. The third-order valence-electron chi connectivity index (χ3n) is 2.80. The maximum atomic E-state index is 12.9. The monoisotopic (exact) mass is 266 g/mol. The first kappa shape index (κ1) is 15.6. The van der Waals surface area contributed by atoms with E-state index in [9.17, 15) is 9.18 Å². The molecule has 0 radical (unpaired) electrons. The normalized spacial score (nSPS) is 11.4. The van der Waals surface area contributed by atoms with E-state index < -0.39 is 0 Å². The Morgan fingerprint density at radius 3 is 2.58 bits per heavy atom. The van der Waals surface area contributed by atoms with Gasteiger partial charge in [0.2, 0.25) is 5.91 Å². The van der Waals surface area contributed by atoms with Crippen molar-refractivity contribution < 1.29 is 9.18 Å². The highest BCUT2D eigenvalue weighted by Gasteiger charge is 2.10. The van der Waals surface area contributed by atoms with E-state index in [2.05, 4.69) is 10.6 Å². The number of carbonyl (C=O) groups is 1. The van der Waals surface area contributed by atoms with Gasteiger partial charge in [-0.2, -0.15) is 0 Å². The van der Waals surface area contributed by atoms with Crippen LogP contribution in [0.4, 0.5) is 4.39 Å². The second-order valence-corrected chi connectivity index (χ2v) is 5.77. The molecule has 1 aromatic rings. The molecule has 2 N–H and O–H groups in total. The number of carbonyl (C=O) groups excluding carboxylic acids is 1. The van der Waals surface area contributed by atoms with Gasteiger partial charge in [0.1, 0.15) is 5.82 Å². The van der Waals surface area contributed by atoms with Crippen LogP contribution in [0.3, 0.4) is 0 Å². The van der Waals surface area contributed by atoms with Crippen molar-refractivity contribution in [3.05, 3.63) is 35.1 Å². The minimum Gasteiger partial charge on any atom is -0.355 e. The van der Waals surface area contributed by atoms with Crippen LogP contribution in [0.15, 0.2) is 18.2 Å². The Morgan fingerprint density at radius 2 is 2.00 bits per heavy atom. The van der Waals surface area contributed by atoms with E-state index in [1.54, 1.807) is 6.07 Å². The number of benzene rings is 1. The van der Waals surface area contributed by atoms with Crippen LogP contribution in [0.1, 0.15) is 31.9 Å². The first-order valence-corrected chi connectivity index (χ1v) is 6.55. The molecule has 1 rings (SSSR count). The number of aryl methyl sites for hydroxylation is 1. The van der Waals surface area contributed by atoms with Gasteiger partial charge >= 0.3 is 0 Å². The molecule has 0 heterocycles. The van der Waals surface area contributed by atoms with E-state index in [1.807, 2.05) is 27.7 Å². The van der Waals surface area contributed by atoms with Gasteiger partial charge in [0.25, 0.3) is 0 Å². The van der Waals surface area contributed by atoms with Crippen LogP contribution in [0.2, 0.25) is 0 Å². The summed E-state index contributed by atoms with van der Waals surface area (Å²) in [4.78, 5) is 11.6. The summed E-state index contributed by atoms with van der Waals surface area (Å²) in [7, 11) is 0. The zero-order chi connectivity index (χ0) is 14.5. The van der Waals surface area contributed by atoms with Crippen LogP contribution < -0.4 is 10.6 Å². The Labute approximate surface area is 114 Å². The first-order valence-electron chi connectivity index (χ1n) is 6.55. The molecule has 0 unspecified atom stereocenters. The smallest absolute Gasteiger partial charge is 0.233 e. The highest BCUT2D eigenvalue weighted by atomic mass is 19.1. The van der Waals surface area contributed by atoms with Gasteiger partial charge in [-0.1, -0.05) is 6.07 Å². The predicted molar refractivity (Wildman–Crippen MR) is 75.6 cm³/mol. The van der Waals surface area contributed by atoms with Crippen LogP contribution in [-0.2, 0) is 11.2 Å². The van der Waals surface area contributed by atoms with Crippen molar-refractivity contribution in [3.63, 3.8) is 0 Å². The Balaban J connectivity index is 2.32. The summed E-state index contributed by atoms with van der Waals surface area (Å²) in [6, 6.07) is 4.73. The summed E-state index contributed by atoms with van der Waals surface area (Å²) in [5.74, 6) is -0.241. The largest absolute Gasteiger partial charge is 0.355 e. The SMILES string of the molecule is Cc1cc(F)ccc1CCNC(=O)CNC(C)(C)C. The standard InChI is InChI=1S/C15H23FN2O/c1-11-9-13(16)6-5-12(11)7-8-17-14(19)10-18-15(2,3)4/h5-6,9,18H,7-8,10H2,1-4H3,(H,17,19). The maximum absolute atomic E-state index is 12.9. The van der Waals surface area contributed by atoms with E-state index in [-0.39, 0.29) is 17.3 Å². The van der Waals surface area contributed by atoms with Gasteiger partial charge in [-0.3, -0.25) is 4.79 Å². The summed E-state index contributed by atoms with van der Waals surface area (Å²) >= 11 is 0. The van der Waals surface area contributed by atoms with Gasteiger partial charge in [-0.05, 0) is 57.4 Å². The minimum atomic E-state index is -0.223. The fourth-order valence-corrected chi connectivity index (χ4v) is 1.68. The van der Waals surface area contributed by atoms with Crippen molar-refractivity contribution in [3.8, 4) is 0 Å². The summed E-state index contributed by atoms with van der Waals surface area (Å²) in [6.07, 6.45) is 0.716. The number of halogens is 1. The Morgan fingerprint density at radius 1 is 1.32 bits per heavy atom. The van der Waals surface area contributed by atoms with Crippen molar-refractivity contribution in [2.24, 2.45) is 0 Å². The quantitative estimate of drug-likeness (QED) is 0.857. The number of nitrogens with one attached hydrogen (secondary N) is 2. The van der Waals surface area contributed by atoms with Crippen molar-refractivity contribution in [2.75, 3.05) is 13.1 Å². The predicted octanol–water partition coefficient (Wildman–Crippen LogP) is 2.18. The summed E-state index contributed by atoms with van der Waals surface area (Å²) in [5.41, 5.74) is 1.91. The molecule has 0 aliphatic rings. The lowest BCUT2D eigenvalue weighted by Crippen LogP contribution is -2.43. The van der Waals surface area contributed by atoms with Crippen LogP contribution in [0.5, 0.6) is 0 Å². The average Bonchev–Trinajstić information content (AvgIpc) is 2.28. The van der Waals surface area contributed by atoms with Crippen molar-refractivity contribution in [1.82, 2.24) is 10.6 Å². The molecule has 0 saturated carbocycles. The zero-order valence-electron chi connectivity index (χ0n) is 12.1. The molecular formula is C15H23FN2O. The van der Waals surface area contributed by atoms with E-state index in [4.69, 9.17) is 0 Å². The van der Waals surface area contributed by atoms with Crippen molar-refractivity contribution in [2.45, 2.75) is 39.7 Å². The molecule has 0 spiro atoms. The highest BCUT2D eigenvalue weighted by Crippen LogP contribution is 2.10.